The Bertz CT molecular complexity index is 538. The molecule has 1 aromatic rings. The summed E-state index contributed by atoms with van der Waals surface area (Å²) in [6, 6.07) is 6.05. The summed E-state index contributed by atoms with van der Waals surface area (Å²) in [5.41, 5.74) is 8.43. The number of rotatable bonds is 5. The summed E-state index contributed by atoms with van der Waals surface area (Å²) >= 11 is 0. The van der Waals surface area contributed by atoms with Gasteiger partial charge >= 0.3 is 0 Å². The molecule has 23 heavy (non-hydrogen) atoms. The molecule has 1 fully saturated rings. The summed E-state index contributed by atoms with van der Waals surface area (Å²) in [4.78, 5) is 17.3. The number of aryl methyl sites for hydroxylation is 1. The number of nitrogens with one attached hydrogen (secondary N) is 1. The molecule has 1 heterocycles. The molecule has 5 heteroatoms. The number of nitrogen functional groups attached to an aromatic ring is 1. The third-order valence-electron chi connectivity index (χ3n) is 4.99. The van der Waals surface area contributed by atoms with Crippen LogP contribution in [-0.2, 0) is 4.79 Å². The van der Waals surface area contributed by atoms with Crippen molar-refractivity contribution in [2.24, 2.45) is 0 Å². The van der Waals surface area contributed by atoms with Gasteiger partial charge in [-0.2, -0.15) is 0 Å². The van der Waals surface area contributed by atoms with Crippen LogP contribution in [-0.4, -0.2) is 55.0 Å². The molecule has 1 saturated heterocycles. The molecule has 0 spiro atoms. The molecule has 1 atom stereocenters. The molecule has 2 rings (SSSR count). The number of hydrogen-bond acceptors (Lipinski definition) is 4. The lowest BCUT2D eigenvalue weighted by Gasteiger charge is -2.38. The third-order valence-corrected chi connectivity index (χ3v) is 4.99. The predicted molar refractivity (Wildman–Crippen MR) is 96.6 cm³/mol. The maximum Gasteiger partial charge on any atom is 0.241 e. The molecular weight excluding hydrogens is 288 g/mol. The van der Waals surface area contributed by atoms with Crippen LogP contribution >= 0.6 is 0 Å². The van der Waals surface area contributed by atoms with Gasteiger partial charge in [-0.1, -0.05) is 13.0 Å². The van der Waals surface area contributed by atoms with Crippen molar-refractivity contribution in [1.82, 2.24) is 9.80 Å². The van der Waals surface area contributed by atoms with Gasteiger partial charge in [0.25, 0.3) is 0 Å². The molecule has 1 amide bonds. The molecule has 0 aromatic heterocycles. The zero-order valence-corrected chi connectivity index (χ0v) is 14.8. The maximum absolute atomic E-state index is 12.7. The van der Waals surface area contributed by atoms with Crippen molar-refractivity contribution in [3.05, 3.63) is 23.8 Å². The van der Waals surface area contributed by atoms with Crippen LogP contribution in [0.15, 0.2) is 18.2 Å². The van der Waals surface area contributed by atoms with Gasteiger partial charge in [0.15, 0.2) is 0 Å². The van der Waals surface area contributed by atoms with Crippen LogP contribution in [0, 0.1) is 6.92 Å². The summed E-state index contributed by atoms with van der Waals surface area (Å²) in [6.45, 7) is 6.23. The van der Waals surface area contributed by atoms with E-state index in [-0.39, 0.29) is 11.9 Å². The Morgan fingerprint density at radius 3 is 2.65 bits per heavy atom. The minimum atomic E-state index is -0.106. The summed E-state index contributed by atoms with van der Waals surface area (Å²) < 4.78 is 0. The molecular formula is C18H30N4O. The minimum absolute atomic E-state index is 0.0529. The second-order valence-electron chi connectivity index (χ2n) is 6.68. The lowest BCUT2D eigenvalue weighted by atomic mass is 10.0. The highest BCUT2D eigenvalue weighted by molar-refractivity contribution is 5.95. The second kappa shape index (κ2) is 7.79. The highest BCUT2D eigenvalue weighted by Crippen LogP contribution is 2.21. The van der Waals surface area contributed by atoms with E-state index in [4.69, 9.17) is 5.73 Å². The van der Waals surface area contributed by atoms with Crippen molar-refractivity contribution in [2.45, 2.75) is 45.2 Å². The van der Waals surface area contributed by atoms with Crippen molar-refractivity contribution in [3.63, 3.8) is 0 Å². The number of nitrogens with zero attached hydrogens (tertiary/aromatic N) is 2. The van der Waals surface area contributed by atoms with Crippen molar-refractivity contribution >= 4 is 17.3 Å². The first-order valence-corrected chi connectivity index (χ1v) is 8.49. The van der Waals surface area contributed by atoms with Crippen LogP contribution in [0.1, 0.15) is 31.7 Å². The van der Waals surface area contributed by atoms with Gasteiger partial charge in [0.2, 0.25) is 5.91 Å². The number of carbonyl (C=O) groups is 1. The molecule has 1 aromatic carbocycles. The fraction of sp³-hybridized carbons (Fsp3) is 0.611. The molecule has 0 aliphatic carbocycles. The van der Waals surface area contributed by atoms with Gasteiger partial charge in [-0.15, -0.1) is 0 Å². The Hall–Kier alpha value is -1.59. The minimum Gasteiger partial charge on any atom is -0.398 e. The lowest BCUT2D eigenvalue weighted by Crippen LogP contribution is -2.50. The zero-order chi connectivity index (χ0) is 17.0. The Labute approximate surface area is 139 Å². The van der Waals surface area contributed by atoms with E-state index in [2.05, 4.69) is 36.1 Å². The van der Waals surface area contributed by atoms with Gasteiger partial charge in [-0.05, 0) is 71.1 Å². The highest BCUT2D eigenvalue weighted by atomic mass is 16.2. The van der Waals surface area contributed by atoms with Gasteiger partial charge in [-0.25, -0.2) is 0 Å². The average Bonchev–Trinajstić information content (AvgIpc) is 2.52. The van der Waals surface area contributed by atoms with Crippen LogP contribution in [0.4, 0.5) is 11.4 Å². The van der Waals surface area contributed by atoms with Crippen LogP contribution in [0.5, 0.6) is 0 Å². The van der Waals surface area contributed by atoms with E-state index < -0.39 is 0 Å². The smallest absolute Gasteiger partial charge is 0.241 e. The van der Waals surface area contributed by atoms with E-state index in [0.717, 1.165) is 43.6 Å². The monoisotopic (exact) mass is 318 g/mol. The number of anilines is 2. The molecule has 1 aliphatic heterocycles. The maximum atomic E-state index is 12.7. The Morgan fingerprint density at radius 1 is 1.43 bits per heavy atom. The second-order valence-corrected chi connectivity index (χ2v) is 6.68. The average molecular weight is 318 g/mol. The molecule has 1 unspecified atom stereocenters. The fourth-order valence-electron chi connectivity index (χ4n) is 3.26. The van der Waals surface area contributed by atoms with Gasteiger partial charge in [-0.3, -0.25) is 9.69 Å². The topological polar surface area (TPSA) is 61.6 Å². The Kier molecular flexibility index (Phi) is 6.02. The Morgan fingerprint density at radius 2 is 2.09 bits per heavy atom. The highest BCUT2D eigenvalue weighted by Gasteiger charge is 2.29. The summed E-state index contributed by atoms with van der Waals surface area (Å²) in [5.74, 6) is 0.0529. The number of likely N-dealkylation sites (tertiary alicyclic amines) is 1. The van der Waals surface area contributed by atoms with Crippen molar-refractivity contribution in [2.75, 3.05) is 38.2 Å². The first-order valence-electron chi connectivity index (χ1n) is 8.49. The van der Waals surface area contributed by atoms with E-state index in [0.29, 0.717) is 11.7 Å². The molecule has 0 radical (unpaired) electrons. The largest absolute Gasteiger partial charge is 0.398 e. The summed E-state index contributed by atoms with van der Waals surface area (Å²) in [6.07, 6.45) is 3.04. The number of benzene rings is 1. The first kappa shape index (κ1) is 17.8. The summed E-state index contributed by atoms with van der Waals surface area (Å²) in [7, 11) is 4.23. The van der Waals surface area contributed by atoms with Gasteiger partial charge < -0.3 is 16.0 Å². The molecule has 0 bridgehead atoms. The SMILES string of the molecule is CCC(C(=O)Nc1ccc(C)c(N)c1)N(C)C1CCN(C)CC1. The number of piperidine rings is 1. The van der Waals surface area contributed by atoms with E-state index in [1.165, 1.54) is 0 Å². The van der Waals surface area contributed by atoms with Crippen LogP contribution in [0.3, 0.4) is 0 Å². The predicted octanol–water partition coefficient (Wildman–Crippen LogP) is 2.32. The number of amides is 1. The van der Waals surface area contributed by atoms with E-state index in [9.17, 15) is 4.79 Å². The first-order chi connectivity index (χ1) is 10.9. The van der Waals surface area contributed by atoms with Gasteiger partial charge in [0.1, 0.15) is 0 Å². The van der Waals surface area contributed by atoms with Gasteiger partial charge in [0.05, 0.1) is 6.04 Å². The molecule has 128 valence electrons. The van der Waals surface area contributed by atoms with Crippen LogP contribution in [0.2, 0.25) is 0 Å². The van der Waals surface area contributed by atoms with Crippen molar-refractivity contribution in [1.29, 1.82) is 0 Å². The third kappa shape index (κ3) is 4.45. The molecule has 0 saturated carbocycles. The molecule has 3 N–H and O–H groups in total. The number of hydrogen-bond donors (Lipinski definition) is 2. The summed E-state index contributed by atoms with van der Waals surface area (Å²) in [5, 5.41) is 3.02. The zero-order valence-electron chi connectivity index (χ0n) is 14.8. The standard InChI is InChI=1S/C18H30N4O/c1-5-17(22(4)15-8-10-21(3)11-9-15)18(23)20-14-7-6-13(2)16(19)12-14/h6-7,12,15,17H,5,8-11,19H2,1-4H3,(H,20,23). The number of carbonyl (C=O) groups excluding carboxylic acids is 1. The fourth-order valence-corrected chi connectivity index (χ4v) is 3.26. The van der Waals surface area contributed by atoms with Crippen molar-refractivity contribution in [3.8, 4) is 0 Å². The number of likely N-dealkylation sites (N-methyl/N-ethyl adjacent to an activating group) is 1. The van der Waals surface area contributed by atoms with Gasteiger partial charge in [0, 0.05) is 17.4 Å². The molecule has 5 nitrogen and oxygen atoms in total. The van der Waals surface area contributed by atoms with E-state index in [1.807, 2.05) is 25.1 Å². The van der Waals surface area contributed by atoms with E-state index >= 15 is 0 Å². The lowest BCUT2D eigenvalue weighted by molar-refractivity contribution is -0.122. The van der Waals surface area contributed by atoms with Crippen LogP contribution in [0.25, 0.3) is 0 Å². The normalized spacial score (nSPS) is 18.1. The Balaban J connectivity index is 2.01. The van der Waals surface area contributed by atoms with Crippen LogP contribution < -0.4 is 11.1 Å². The molecule has 1 aliphatic rings. The number of nitrogens with two attached hydrogens (primary N) is 1. The van der Waals surface area contributed by atoms with E-state index in [1.54, 1.807) is 0 Å². The van der Waals surface area contributed by atoms with Crippen molar-refractivity contribution < 1.29 is 4.79 Å². The quantitative estimate of drug-likeness (QED) is 0.818.